The van der Waals surface area contributed by atoms with Crippen LogP contribution >= 0.6 is 0 Å². The topological polar surface area (TPSA) is 81.7 Å². The highest BCUT2D eigenvalue weighted by Crippen LogP contribution is 2.17. The van der Waals surface area contributed by atoms with Crippen molar-refractivity contribution in [3.8, 4) is 0 Å². The lowest BCUT2D eigenvalue weighted by Gasteiger charge is -2.22. The lowest BCUT2D eigenvalue weighted by molar-refractivity contribution is -0.146. The number of amides is 1. The third-order valence-electron chi connectivity index (χ3n) is 4.04. The second-order valence-electron chi connectivity index (χ2n) is 5.79. The standard InChI is InChI=1S/C19H21NO5/c1-12(10-16(21)24-2)17(19(23)25-3)20-18(22)15-9-8-13-6-4-5-7-14(13)11-15/h4-9,11-12,17H,10H2,1-3H3,(H,20,22)/t12-,17-/m1/s1. The summed E-state index contributed by atoms with van der Waals surface area (Å²) in [6.45, 7) is 1.68. The Labute approximate surface area is 146 Å². The zero-order chi connectivity index (χ0) is 18.4. The number of methoxy groups -OCH3 is 2. The van der Waals surface area contributed by atoms with Crippen LogP contribution in [0.3, 0.4) is 0 Å². The molecule has 132 valence electrons. The smallest absolute Gasteiger partial charge is 0.328 e. The van der Waals surface area contributed by atoms with Gasteiger partial charge in [0.15, 0.2) is 0 Å². The van der Waals surface area contributed by atoms with Gasteiger partial charge in [0.25, 0.3) is 5.91 Å². The average Bonchev–Trinajstić information content (AvgIpc) is 2.64. The normalized spacial score (nSPS) is 12.9. The summed E-state index contributed by atoms with van der Waals surface area (Å²) >= 11 is 0. The van der Waals surface area contributed by atoms with E-state index in [1.165, 1.54) is 14.2 Å². The predicted octanol–water partition coefficient (Wildman–Crippen LogP) is 2.31. The van der Waals surface area contributed by atoms with Crippen molar-refractivity contribution < 1.29 is 23.9 Å². The van der Waals surface area contributed by atoms with E-state index >= 15 is 0 Å². The van der Waals surface area contributed by atoms with Crippen molar-refractivity contribution in [1.29, 1.82) is 0 Å². The maximum atomic E-state index is 12.5. The van der Waals surface area contributed by atoms with Crippen LogP contribution in [0, 0.1) is 5.92 Å². The number of nitrogens with one attached hydrogen (secondary N) is 1. The first-order valence-corrected chi connectivity index (χ1v) is 7.90. The van der Waals surface area contributed by atoms with Crippen LogP contribution in [0.25, 0.3) is 10.8 Å². The number of carbonyl (C=O) groups excluding carboxylic acids is 3. The van der Waals surface area contributed by atoms with E-state index in [0.717, 1.165) is 10.8 Å². The lowest BCUT2D eigenvalue weighted by Crippen LogP contribution is -2.46. The molecule has 1 amide bonds. The fourth-order valence-corrected chi connectivity index (χ4v) is 2.58. The molecule has 0 bridgehead atoms. The molecule has 0 saturated heterocycles. The number of rotatable bonds is 6. The van der Waals surface area contributed by atoms with Gasteiger partial charge in [-0.25, -0.2) is 4.79 Å². The van der Waals surface area contributed by atoms with E-state index in [-0.39, 0.29) is 6.42 Å². The van der Waals surface area contributed by atoms with Gasteiger partial charge in [0.1, 0.15) is 6.04 Å². The lowest BCUT2D eigenvalue weighted by atomic mass is 9.97. The van der Waals surface area contributed by atoms with E-state index < -0.39 is 29.8 Å². The zero-order valence-electron chi connectivity index (χ0n) is 14.4. The molecule has 2 atom stereocenters. The van der Waals surface area contributed by atoms with Crippen LogP contribution < -0.4 is 5.32 Å². The minimum atomic E-state index is -0.942. The van der Waals surface area contributed by atoms with Gasteiger partial charge in [0, 0.05) is 5.56 Å². The molecule has 2 aromatic carbocycles. The first-order valence-electron chi connectivity index (χ1n) is 7.90. The Bertz CT molecular complexity index is 786. The van der Waals surface area contributed by atoms with Crippen molar-refractivity contribution in [3.05, 3.63) is 48.0 Å². The van der Waals surface area contributed by atoms with Crippen LogP contribution in [0.1, 0.15) is 23.7 Å². The number of fused-ring (bicyclic) bond motifs is 1. The zero-order valence-corrected chi connectivity index (χ0v) is 14.4. The Kier molecular flexibility index (Phi) is 6.11. The molecule has 0 fully saturated rings. The third kappa shape index (κ3) is 4.56. The molecule has 0 spiro atoms. The highest BCUT2D eigenvalue weighted by atomic mass is 16.5. The van der Waals surface area contributed by atoms with Crippen LogP contribution in [-0.4, -0.2) is 38.1 Å². The molecular weight excluding hydrogens is 322 g/mol. The quantitative estimate of drug-likeness (QED) is 0.814. The van der Waals surface area contributed by atoms with Crippen molar-refractivity contribution in [3.63, 3.8) is 0 Å². The Balaban J connectivity index is 2.19. The second-order valence-corrected chi connectivity index (χ2v) is 5.79. The summed E-state index contributed by atoms with van der Waals surface area (Å²) in [6.07, 6.45) is -0.00569. The fraction of sp³-hybridized carbons (Fsp3) is 0.316. The number of hydrogen-bond donors (Lipinski definition) is 1. The van der Waals surface area contributed by atoms with E-state index in [2.05, 4.69) is 10.1 Å². The van der Waals surface area contributed by atoms with Crippen LogP contribution in [0.2, 0.25) is 0 Å². The van der Waals surface area contributed by atoms with Gasteiger partial charge in [-0.05, 0) is 28.8 Å². The average molecular weight is 343 g/mol. The second kappa shape index (κ2) is 8.28. The van der Waals surface area contributed by atoms with E-state index in [4.69, 9.17) is 4.74 Å². The Hall–Kier alpha value is -2.89. The van der Waals surface area contributed by atoms with Gasteiger partial charge in [0.05, 0.1) is 20.6 Å². The minimum Gasteiger partial charge on any atom is -0.469 e. The maximum Gasteiger partial charge on any atom is 0.328 e. The van der Waals surface area contributed by atoms with Gasteiger partial charge in [-0.3, -0.25) is 9.59 Å². The Morgan fingerprint density at radius 3 is 2.32 bits per heavy atom. The summed E-state index contributed by atoms with van der Waals surface area (Å²) < 4.78 is 9.37. The van der Waals surface area contributed by atoms with Gasteiger partial charge in [-0.15, -0.1) is 0 Å². The number of carbonyl (C=O) groups is 3. The maximum absolute atomic E-state index is 12.5. The number of benzene rings is 2. The van der Waals surface area contributed by atoms with Crippen molar-refractivity contribution in [2.24, 2.45) is 5.92 Å². The SMILES string of the molecule is COC(=O)C[C@@H](C)[C@@H](NC(=O)c1ccc2ccccc2c1)C(=O)OC. The van der Waals surface area contributed by atoms with Gasteiger partial charge in [-0.1, -0.05) is 37.3 Å². The van der Waals surface area contributed by atoms with Gasteiger partial charge in [-0.2, -0.15) is 0 Å². The molecule has 2 rings (SSSR count). The first-order chi connectivity index (χ1) is 12.0. The molecule has 0 aliphatic rings. The molecule has 0 aromatic heterocycles. The number of esters is 2. The molecule has 0 radical (unpaired) electrons. The van der Waals surface area contributed by atoms with Crippen LogP contribution in [0.15, 0.2) is 42.5 Å². The molecule has 0 aliphatic heterocycles. The van der Waals surface area contributed by atoms with Gasteiger partial charge >= 0.3 is 11.9 Å². The molecule has 0 unspecified atom stereocenters. The highest BCUT2D eigenvalue weighted by Gasteiger charge is 2.30. The van der Waals surface area contributed by atoms with Crippen LogP contribution in [0.4, 0.5) is 0 Å². The summed E-state index contributed by atoms with van der Waals surface area (Å²) in [5.74, 6) is -1.94. The van der Waals surface area contributed by atoms with E-state index in [1.54, 1.807) is 19.1 Å². The molecule has 0 heterocycles. The number of ether oxygens (including phenoxy) is 2. The fourth-order valence-electron chi connectivity index (χ4n) is 2.58. The summed E-state index contributed by atoms with van der Waals surface area (Å²) in [7, 11) is 2.51. The summed E-state index contributed by atoms with van der Waals surface area (Å²) in [5, 5.41) is 4.60. The van der Waals surface area contributed by atoms with Crippen molar-refractivity contribution in [1.82, 2.24) is 5.32 Å². The van der Waals surface area contributed by atoms with Crippen molar-refractivity contribution >= 4 is 28.6 Å². The van der Waals surface area contributed by atoms with Gasteiger partial charge in [0.2, 0.25) is 0 Å². The van der Waals surface area contributed by atoms with Crippen molar-refractivity contribution in [2.75, 3.05) is 14.2 Å². The monoisotopic (exact) mass is 343 g/mol. The van der Waals surface area contributed by atoms with Crippen molar-refractivity contribution in [2.45, 2.75) is 19.4 Å². The molecule has 2 aromatic rings. The molecular formula is C19H21NO5. The number of hydrogen-bond acceptors (Lipinski definition) is 5. The first kappa shape index (κ1) is 18.4. The molecule has 0 aliphatic carbocycles. The third-order valence-corrected chi connectivity index (χ3v) is 4.04. The molecule has 0 saturated carbocycles. The predicted molar refractivity (Wildman–Crippen MR) is 93.0 cm³/mol. The Morgan fingerprint density at radius 1 is 1.00 bits per heavy atom. The van der Waals surface area contributed by atoms with E-state index in [9.17, 15) is 14.4 Å². The largest absolute Gasteiger partial charge is 0.469 e. The summed E-state index contributed by atoms with van der Waals surface area (Å²) in [6, 6.07) is 12.0. The summed E-state index contributed by atoms with van der Waals surface area (Å²) in [5.41, 5.74) is 0.429. The van der Waals surface area contributed by atoms with Crippen LogP contribution in [-0.2, 0) is 19.1 Å². The molecule has 6 nitrogen and oxygen atoms in total. The Morgan fingerprint density at radius 2 is 1.68 bits per heavy atom. The summed E-state index contributed by atoms with van der Waals surface area (Å²) in [4.78, 5) is 36.0. The highest BCUT2D eigenvalue weighted by molar-refractivity contribution is 6.00. The van der Waals surface area contributed by atoms with E-state index in [1.807, 2.05) is 30.3 Å². The molecule has 1 N–H and O–H groups in total. The van der Waals surface area contributed by atoms with E-state index in [0.29, 0.717) is 5.56 Å². The van der Waals surface area contributed by atoms with Gasteiger partial charge < -0.3 is 14.8 Å². The molecule has 25 heavy (non-hydrogen) atoms. The minimum absolute atomic E-state index is 0.00569. The molecule has 6 heteroatoms. The van der Waals surface area contributed by atoms with Crippen LogP contribution in [0.5, 0.6) is 0 Å².